The second kappa shape index (κ2) is 4.49. The molecule has 0 aliphatic heterocycles. The minimum absolute atomic E-state index is 0.0549. The number of hydrogen-bond donors (Lipinski definition) is 1. The Balaban J connectivity index is 1.84. The quantitative estimate of drug-likeness (QED) is 0.761. The van der Waals surface area contributed by atoms with Crippen molar-refractivity contribution in [3.05, 3.63) is 54.4 Å². The number of oxazole rings is 1. The minimum Gasteiger partial charge on any atom is -0.424 e. The normalized spacial score (nSPS) is 12.5. The summed E-state index contributed by atoms with van der Waals surface area (Å²) < 4.78 is 5.61. The average Bonchev–Trinajstić information content (AvgIpc) is 2.82. The summed E-state index contributed by atoms with van der Waals surface area (Å²) in [7, 11) is 0. The van der Waals surface area contributed by atoms with Gasteiger partial charge in [-0.05, 0) is 31.2 Å². The predicted octanol–water partition coefficient (Wildman–Crippen LogP) is 3.40. The van der Waals surface area contributed by atoms with Gasteiger partial charge >= 0.3 is 0 Å². The fourth-order valence-electron chi connectivity index (χ4n) is 1.83. The van der Waals surface area contributed by atoms with Crippen LogP contribution in [0.15, 0.2) is 53.1 Å². The number of rotatable bonds is 3. The van der Waals surface area contributed by atoms with E-state index in [4.69, 9.17) is 4.42 Å². The zero-order valence-electron chi connectivity index (χ0n) is 10.00. The van der Waals surface area contributed by atoms with Crippen LogP contribution in [0.2, 0.25) is 0 Å². The lowest BCUT2D eigenvalue weighted by Crippen LogP contribution is -2.08. The molecule has 1 unspecified atom stereocenters. The Kier molecular flexibility index (Phi) is 2.68. The number of anilines is 1. The van der Waals surface area contributed by atoms with Crippen molar-refractivity contribution >= 4 is 17.1 Å². The first-order valence-corrected chi connectivity index (χ1v) is 5.86. The Labute approximate surface area is 105 Å². The molecule has 0 amide bonds. The average molecular weight is 239 g/mol. The molecule has 4 heteroatoms. The lowest BCUT2D eigenvalue weighted by atomic mass is 10.2. The van der Waals surface area contributed by atoms with Gasteiger partial charge in [0.05, 0.1) is 11.7 Å². The minimum atomic E-state index is 0.0549. The molecule has 1 atom stereocenters. The van der Waals surface area contributed by atoms with Crippen molar-refractivity contribution in [3.8, 4) is 0 Å². The molecule has 90 valence electrons. The van der Waals surface area contributed by atoms with E-state index >= 15 is 0 Å². The number of aromatic nitrogens is 2. The first-order chi connectivity index (χ1) is 8.83. The van der Waals surface area contributed by atoms with E-state index in [9.17, 15) is 0 Å². The molecule has 0 fully saturated rings. The molecular weight excluding hydrogens is 226 g/mol. The van der Waals surface area contributed by atoms with Crippen LogP contribution in [-0.4, -0.2) is 9.97 Å². The fourth-order valence-corrected chi connectivity index (χ4v) is 1.83. The van der Waals surface area contributed by atoms with Crippen molar-refractivity contribution in [2.45, 2.75) is 13.0 Å². The van der Waals surface area contributed by atoms with Crippen LogP contribution in [0.5, 0.6) is 0 Å². The van der Waals surface area contributed by atoms with Gasteiger partial charge in [0.1, 0.15) is 5.52 Å². The maximum absolute atomic E-state index is 5.61. The number of nitrogens with one attached hydrogen (secondary N) is 1. The van der Waals surface area contributed by atoms with E-state index < -0.39 is 0 Å². The molecule has 0 saturated carbocycles. The van der Waals surface area contributed by atoms with Gasteiger partial charge in [-0.3, -0.25) is 4.98 Å². The summed E-state index contributed by atoms with van der Waals surface area (Å²) >= 11 is 0. The highest BCUT2D eigenvalue weighted by Crippen LogP contribution is 2.21. The smallest absolute Gasteiger partial charge is 0.296 e. The van der Waals surface area contributed by atoms with Gasteiger partial charge in [-0.2, -0.15) is 4.98 Å². The van der Waals surface area contributed by atoms with Gasteiger partial charge in [0.15, 0.2) is 5.58 Å². The summed E-state index contributed by atoms with van der Waals surface area (Å²) in [4.78, 5) is 8.67. The second-order valence-electron chi connectivity index (χ2n) is 4.11. The van der Waals surface area contributed by atoms with Crippen LogP contribution in [0.4, 0.5) is 6.01 Å². The van der Waals surface area contributed by atoms with Crippen molar-refractivity contribution in [2.24, 2.45) is 0 Å². The summed E-state index contributed by atoms with van der Waals surface area (Å²) in [5, 5.41) is 3.21. The van der Waals surface area contributed by atoms with E-state index in [2.05, 4.69) is 15.3 Å². The van der Waals surface area contributed by atoms with E-state index in [1.807, 2.05) is 49.4 Å². The van der Waals surface area contributed by atoms with Crippen molar-refractivity contribution in [2.75, 3.05) is 5.32 Å². The van der Waals surface area contributed by atoms with E-state index in [1.54, 1.807) is 6.20 Å². The molecule has 0 spiro atoms. The predicted molar refractivity (Wildman–Crippen MR) is 70.3 cm³/mol. The van der Waals surface area contributed by atoms with Gasteiger partial charge in [0.2, 0.25) is 0 Å². The molecule has 2 aromatic heterocycles. The van der Waals surface area contributed by atoms with Crippen LogP contribution in [0.1, 0.15) is 18.7 Å². The van der Waals surface area contributed by atoms with Gasteiger partial charge in [-0.1, -0.05) is 18.2 Å². The largest absolute Gasteiger partial charge is 0.424 e. The highest BCUT2D eigenvalue weighted by atomic mass is 16.4. The van der Waals surface area contributed by atoms with Crippen LogP contribution in [0.25, 0.3) is 11.1 Å². The third kappa shape index (κ3) is 2.05. The molecule has 0 radical (unpaired) electrons. The molecule has 1 N–H and O–H groups in total. The number of fused-ring (bicyclic) bond motifs is 1. The van der Waals surface area contributed by atoms with Crippen molar-refractivity contribution in [1.82, 2.24) is 9.97 Å². The molecule has 18 heavy (non-hydrogen) atoms. The molecule has 3 aromatic rings. The van der Waals surface area contributed by atoms with Crippen LogP contribution >= 0.6 is 0 Å². The Morgan fingerprint density at radius 3 is 2.72 bits per heavy atom. The van der Waals surface area contributed by atoms with Crippen LogP contribution in [0.3, 0.4) is 0 Å². The van der Waals surface area contributed by atoms with Crippen LogP contribution in [-0.2, 0) is 0 Å². The highest BCUT2D eigenvalue weighted by molar-refractivity contribution is 5.74. The Morgan fingerprint density at radius 1 is 1.11 bits per heavy atom. The standard InChI is InChI=1S/C14H13N3O/c1-10(11-6-4-5-9-15-11)16-14-17-12-7-2-3-8-13(12)18-14/h2-10H,1H3,(H,16,17). The van der Waals surface area contributed by atoms with E-state index in [1.165, 1.54) is 0 Å². The van der Waals surface area contributed by atoms with Crippen molar-refractivity contribution < 1.29 is 4.42 Å². The Morgan fingerprint density at radius 2 is 1.94 bits per heavy atom. The van der Waals surface area contributed by atoms with E-state index in [0.717, 1.165) is 16.8 Å². The summed E-state index contributed by atoms with van der Waals surface area (Å²) in [6, 6.07) is 14.1. The molecule has 0 aliphatic rings. The monoisotopic (exact) mass is 239 g/mol. The molecule has 0 aliphatic carbocycles. The number of hydrogen-bond acceptors (Lipinski definition) is 4. The number of para-hydroxylation sites is 2. The summed E-state index contributed by atoms with van der Waals surface area (Å²) in [6.45, 7) is 2.02. The maximum atomic E-state index is 5.61. The second-order valence-corrected chi connectivity index (χ2v) is 4.11. The Bertz CT molecular complexity index is 615. The number of nitrogens with zero attached hydrogens (tertiary/aromatic N) is 2. The van der Waals surface area contributed by atoms with Crippen LogP contribution in [0, 0.1) is 0 Å². The van der Waals surface area contributed by atoms with Gasteiger partial charge in [-0.25, -0.2) is 0 Å². The highest BCUT2D eigenvalue weighted by Gasteiger charge is 2.10. The summed E-state index contributed by atoms with van der Waals surface area (Å²) in [6.07, 6.45) is 1.78. The first-order valence-electron chi connectivity index (χ1n) is 5.86. The van der Waals surface area contributed by atoms with Gasteiger partial charge in [0, 0.05) is 6.20 Å². The lowest BCUT2D eigenvalue weighted by Gasteiger charge is -2.10. The number of pyridine rings is 1. The SMILES string of the molecule is CC(Nc1nc2ccccc2o1)c1ccccn1. The van der Waals surface area contributed by atoms with Crippen molar-refractivity contribution in [3.63, 3.8) is 0 Å². The number of benzene rings is 1. The van der Waals surface area contributed by atoms with Gasteiger partial charge in [0.25, 0.3) is 6.01 Å². The molecule has 2 heterocycles. The Hall–Kier alpha value is -2.36. The first kappa shape index (κ1) is 10.8. The summed E-state index contributed by atoms with van der Waals surface area (Å²) in [5.41, 5.74) is 2.60. The fraction of sp³-hybridized carbons (Fsp3) is 0.143. The molecule has 3 rings (SSSR count). The van der Waals surface area contributed by atoms with E-state index in [-0.39, 0.29) is 6.04 Å². The zero-order valence-corrected chi connectivity index (χ0v) is 10.00. The van der Waals surface area contributed by atoms with E-state index in [0.29, 0.717) is 6.01 Å². The molecular formula is C14H13N3O. The third-order valence-corrected chi connectivity index (χ3v) is 2.77. The zero-order chi connectivity index (χ0) is 12.4. The summed E-state index contributed by atoms with van der Waals surface area (Å²) in [5.74, 6) is 0. The third-order valence-electron chi connectivity index (χ3n) is 2.77. The van der Waals surface area contributed by atoms with Gasteiger partial charge < -0.3 is 9.73 Å². The topological polar surface area (TPSA) is 51.0 Å². The van der Waals surface area contributed by atoms with Crippen LogP contribution < -0.4 is 5.32 Å². The molecule has 0 saturated heterocycles. The maximum Gasteiger partial charge on any atom is 0.296 e. The van der Waals surface area contributed by atoms with Crippen molar-refractivity contribution in [1.29, 1.82) is 0 Å². The van der Waals surface area contributed by atoms with Gasteiger partial charge in [-0.15, -0.1) is 0 Å². The molecule has 4 nitrogen and oxygen atoms in total. The molecule has 1 aromatic carbocycles. The molecule has 0 bridgehead atoms. The lowest BCUT2D eigenvalue weighted by molar-refractivity contribution is 0.602.